The number of carboxylic acid groups (broad SMARTS) is 1. The Morgan fingerprint density at radius 2 is 1.54 bits per heavy atom. The van der Waals surface area contributed by atoms with Crippen molar-refractivity contribution in [3.63, 3.8) is 0 Å². The molecule has 0 fully saturated rings. The van der Waals surface area contributed by atoms with Crippen LogP contribution in [-0.2, 0) is 16.6 Å². The smallest absolute Gasteiger partial charge is 0.453 e. The third-order valence-electron chi connectivity index (χ3n) is 7.84. The predicted molar refractivity (Wildman–Crippen MR) is 152 cm³/mol. The molecule has 0 aromatic heterocycles. The minimum Gasteiger partial charge on any atom is -0.508 e. The van der Waals surface area contributed by atoms with Crippen molar-refractivity contribution in [1.29, 1.82) is 0 Å². The summed E-state index contributed by atoms with van der Waals surface area (Å²) in [6, 6.07) is 12.9. The molecule has 3 unspecified atom stereocenters. The number of carboxylic acids is 1. The number of carbonyl (C=O) groups is 1. The summed E-state index contributed by atoms with van der Waals surface area (Å²) in [6.45, 7) is 2.23. The lowest BCUT2D eigenvalue weighted by Gasteiger charge is -2.38. The highest BCUT2D eigenvalue weighted by molar-refractivity contribution is 8.15. The normalized spacial score (nSPS) is 20.1. The van der Waals surface area contributed by atoms with Crippen LogP contribution in [0.4, 0.5) is 22.0 Å². The van der Waals surface area contributed by atoms with Crippen LogP contribution in [0, 0.1) is 5.92 Å². The first-order chi connectivity index (χ1) is 19.2. The molecular formula is C31H39F5O4S. The molecule has 2 aromatic rings. The Morgan fingerprint density at radius 1 is 0.927 bits per heavy atom. The number of benzene rings is 2. The molecule has 1 heterocycles. The lowest BCUT2D eigenvalue weighted by molar-refractivity contribution is -0.284. The van der Waals surface area contributed by atoms with E-state index < -0.39 is 36.8 Å². The minimum absolute atomic E-state index is 0.111. The van der Waals surface area contributed by atoms with E-state index in [0.717, 1.165) is 54.7 Å². The summed E-state index contributed by atoms with van der Waals surface area (Å²) in [5.41, 5.74) is 2.26. The summed E-state index contributed by atoms with van der Waals surface area (Å²) in [7, 11) is -0.178. The number of aliphatic carboxylic acids is 1. The van der Waals surface area contributed by atoms with Gasteiger partial charge in [-0.2, -0.15) is 32.4 Å². The quantitative estimate of drug-likeness (QED) is 0.115. The van der Waals surface area contributed by atoms with Gasteiger partial charge in [-0.05, 0) is 73.9 Å². The second-order valence-electron chi connectivity index (χ2n) is 11.3. The number of aromatic hydroxyl groups is 2. The number of unbranched alkanes of at least 4 members (excludes halogenated alkanes) is 5. The van der Waals surface area contributed by atoms with Crippen LogP contribution in [0.2, 0.25) is 0 Å². The maximum atomic E-state index is 13.1. The molecule has 3 N–H and O–H groups in total. The molecule has 3 atom stereocenters. The van der Waals surface area contributed by atoms with Crippen LogP contribution in [0.5, 0.6) is 11.5 Å². The molecule has 0 bridgehead atoms. The summed E-state index contributed by atoms with van der Waals surface area (Å²) in [4.78, 5) is 12.6. The average molecular weight is 603 g/mol. The molecule has 0 aliphatic carbocycles. The number of hydrogen-bond donors (Lipinski definition) is 3. The second-order valence-corrected chi connectivity index (χ2v) is 13.2. The van der Waals surface area contributed by atoms with E-state index in [4.69, 9.17) is 0 Å². The van der Waals surface area contributed by atoms with Crippen molar-refractivity contribution in [1.82, 2.24) is 0 Å². The van der Waals surface area contributed by atoms with E-state index in [2.05, 4.69) is 12.3 Å². The Bertz CT molecular complexity index is 1200. The molecule has 3 rings (SSSR count). The number of halogens is 5. The van der Waals surface area contributed by atoms with Crippen LogP contribution in [-0.4, -0.2) is 44.5 Å². The minimum atomic E-state index is -5.61. The SMILES string of the molecule is CC1(c2ccc(O)cc2)Cc2ccc(O)cc2S(=CCCCCCCCC(CCCC(F)(F)C(F)(F)F)C(=O)O)C1. The van der Waals surface area contributed by atoms with Gasteiger partial charge in [-0.25, -0.2) is 0 Å². The maximum Gasteiger partial charge on any atom is 0.453 e. The van der Waals surface area contributed by atoms with Crippen LogP contribution in [0.25, 0.3) is 0 Å². The molecule has 41 heavy (non-hydrogen) atoms. The van der Waals surface area contributed by atoms with E-state index in [1.807, 2.05) is 24.3 Å². The van der Waals surface area contributed by atoms with Gasteiger partial charge in [-0.1, -0.05) is 56.2 Å². The molecule has 4 nitrogen and oxygen atoms in total. The van der Waals surface area contributed by atoms with E-state index in [0.29, 0.717) is 6.42 Å². The summed E-state index contributed by atoms with van der Waals surface area (Å²) in [6.07, 6.45) is -1.60. The topological polar surface area (TPSA) is 77.8 Å². The Labute approximate surface area is 240 Å². The number of hydrogen-bond acceptors (Lipinski definition) is 3. The zero-order chi connectivity index (χ0) is 30.3. The van der Waals surface area contributed by atoms with E-state index >= 15 is 0 Å². The third kappa shape index (κ3) is 9.18. The van der Waals surface area contributed by atoms with Crippen LogP contribution in [0.1, 0.15) is 82.3 Å². The number of rotatable bonds is 14. The Morgan fingerprint density at radius 3 is 2.20 bits per heavy atom. The van der Waals surface area contributed by atoms with Crippen LogP contribution in [0.15, 0.2) is 47.4 Å². The van der Waals surface area contributed by atoms with E-state index in [9.17, 15) is 42.1 Å². The van der Waals surface area contributed by atoms with Crippen molar-refractivity contribution in [2.24, 2.45) is 5.92 Å². The van der Waals surface area contributed by atoms with Gasteiger partial charge in [-0.15, -0.1) is 0 Å². The van der Waals surface area contributed by atoms with Crippen molar-refractivity contribution < 1.29 is 42.1 Å². The van der Waals surface area contributed by atoms with Crippen LogP contribution < -0.4 is 0 Å². The first-order valence-electron chi connectivity index (χ1n) is 14.0. The van der Waals surface area contributed by atoms with Gasteiger partial charge >= 0.3 is 18.1 Å². The largest absolute Gasteiger partial charge is 0.508 e. The molecule has 10 heteroatoms. The Kier molecular flexibility index (Phi) is 11.3. The van der Waals surface area contributed by atoms with Gasteiger partial charge in [0.15, 0.2) is 0 Å². The number of fused-ring (bicyclic) bond motifs is 1. The first-order valence-corrected chi connectivity index (χ1v) is 15.5. The summed E-state index contributed by atoms with van der Waals surface area (Å²) in [5, 5.41) is 31.5. The van der Waals surface area contributed by atoms with Gasteiger partial charge in [0.25, 0.3) is 0 Å². The average Bonchev–Trinajstić information content (AvgIpc) is 2.88. The molecule has 0 saturated heterocycles. The lowest BCUT2D eigenvalue weighted by atomic mass is 9.78. The molecule has 1 aliphatic rings. The van der Waals surface area contributed by atoms with Gasteiger partial charge < -0.3 is 15.3 Å². The van der Waals surface area contributed by atoms with E-state index in [1.54, 1.807) is 18.2 Å². The molecule has 2 aromatic carbocycles. The fourth-order valence-electron chi connectivity index (χ4n) is 5.42. The Balaban J connectivity index is 1.47. The van der Waals surface area contributed by atoms with Crippen LogP contribution >= 0.6 is 10.5 Å². The fraction of sp³-hybridized carbons (Fsp3) is 0.548. The molecule has 0 spiro atoms. The summed E-state index contributed by atoms with van der Waals surface area (Å²) < 4.78 is 63.1. The van der Waals surface area contributed by atoms with Gasteiger partial charge in [0, 0.05) is 22.5 Å². The molecule has 0 amide bonds. The maximum absolute atomic E-state index is 13.1. The van der Waals surface area contributed by atoms with Gasteiger partial charge in [-0.3, -0.25) is 4.79 Å². The highest BCUT2D eigenvalue weighted by Crippen LogP contribution is 2.47. The zero-order valence-corrected chi connectivity index (χ0v) is 24.0. The monoisotopic (exact) mass is 602 g/mol. The van der Waals surface area contributed by atoms with Crippen molar-refractivity contribution in [2.45, 2.75) is 100.0 Å². The van der Waals surface area contributed by atoms with Crippen molar-refractivity contribution in [3.05, 3.63) is 53.6 Å². The van der Waals surface area contributed by atoms with Crippen molar-refractivity contribution in [2.75, 3.05) is 5.75 Å². The summed E-state index contributed by atoms with van der Waals surface area (Å²) >= 11 is 0. The standard InChI is InChI=1S/C31H39F5O4S/c1-29(24-12-15-25(37)16-13-24)20-23-11-14-26(38)19-27(23)41(21-29)18-7-5-3-2-4-6-9-22(28(39)40)10-8-17-30(32,33)31(34,35)36/h11-16,18-19,22,37-38H,2-10,17,20-21H2,1H3,(H,39,40). The number of phenols is 2. The lowest BCUT2D eigenvalue weighted by Crippen LogP contribution is -2.36. The van der Waals surface area contributed by atoms with Crippen molar-refractivity contribution >= 4 is 21.8 Å². The second kappa shape index (κ2) is 14.0. The molecule has 228 valence electrons. The van der Waals surface area contributed by atoms with Crippen molar-refractivity contribution in [3.8, 4) is 11.5 Å². The molecule has 0 saturated carbocycles. The van der Waals surface area contributed by atoms with Gasteiger partial charge in [0.2, 0.25) is 0 Å². The highest BCUT2D eigenvalue weighted by Gasteiger charge is 2.56. The Hall–Kier alpha value is -2.62. The molecule has 1 aliphatic heterocycles. The predicted octanol–water partition coefficient (Wildman–Crippen LogP) is 8.84. The van der Waals surface area contributed by atoms with E-state index in [1.165, 1.54) is 5.56 Å². The van der Waals surface area contributed by atoms with Gasteiger partial charge in [0.05, 0.1) is 5.92 Å². The van der Waals surface area contributed by atoms with Gasteiger partial charge in [0.1, 0.15) is 11.5 Å². The van der Waals surface area contributed by atoms with Crippen LogP contribution in [0.3, 0.4) is 0 Å². The highest BCUT2D eigenvalue weighted by atomic mass is 32.2. The number of phenolic OH excluding ortho intramolecular Hbond substituents is 2. The zero-order valence-electron chi connectivity index (χ0n) is 23.2. The fourth-order valence-corrected chi connectivity index (χ4v) is 8.03. The molecule has 0 radical (unpaired) electrons. The first kappa shape index (κ1) is 32.9. The third-order valence-corrected chi connectivity index (χ3v) is 10.4. The molecular weight excluding hydrogens is 563 g/mol. The van der Waals surface area contributed by atoms with E-state index in [-0.39, 0.29) is 40.2 Å². The number of alkyl halides is 5. The summed E-state index contributed by atoms with van der Waals surface area (Å²) in [5.74, 6) is -5.49.